The fourth-order valence-electron chi connectivity index (χ4n) is 0.434. The van der Waals surface area contributed by atoms with Gasteiger partial charge in [-0.2, -0.15) is 0 Å². The Labute approximate surface area is 37.4 Å². The van der Waals surface area contributed by atoms with E-state index in [9.17, 15) is 0 Å². The van der Waals surface area contributed by atoms with Gasteiger partial charge in [-0.15, -0.1) is 0 Å². The maximum absolute atomic E-state index is 4.76. The average molecular weight is 86.1 g/mol. The van der Waals surface area contributed by atoms with Crippen LogP contribution in [0, 0.1) is 6.42 Å². The lowest BCUT2D eigenvalue weighted by Crippen LogP contribution is -2.22. The normalized spacial score (nSPS) is 24.0. The van der Waals surface area contributed by atoms with E-state index in [1.54, 1.807) is 0 Å². The maximum atomic E-state index is 4.76. The van der Waals surface area contributed by atoms with Crippen molar-refractivity contribution in [3.05, 3.63) is 6.42 Å². The third-order valence-corrected chi connectivity index (χ3v) is 0.754. The van der Waals surface area contributed by atoms with Gasteiger partial charge in [-0.3, -0.25) is 0 Å². The number of rotatable bonds is 0. The fraction of sp³-hybridized carbons (Fsp3) is 0.750. The SMILES string of the molecule is [CH]1CCNOC1. The second-order valence-electron chi connectivity index (χ2n) is 1.28. The molecule has 0 saturated carbocycles. The minimum absolute atomic E-state index is 0.764. The molecule has 1 saturated heterocycles. The van der Waals surface area contributed by atoms with Gasteiger partial charge in [0.1, 0.15) is 0 Å². The molecule has 2 heteroatoms. The molecule has 1 rings (SSSR count). The van der Waals surface area contributed by atoms with E-state index in [4.69, 9.17) is 4.84 Å². The van der Waals surface area contributed by atoms with Gasteiger partial charge in [-0.1, -0.05) is 0 Å². The molecule has 0 aliphatic carbocycles. The first kappa shape index (κ1) is 4.09. The van der Waals surface area contributed by atoms with E-state index in [1.807, 2.05) is 0 Å². The zero-order chi connectivity index (χ0) is 4.24. The number of hydrogen-bond acceptors (Lipinski definition) is 2. The molecule has 1 fully saturated rings. The van der Waals surface area contributed by atoms with Crippen LogP contribution in [-0.4, -0.2) is 13.2 Å². The smallest absolute Gasteiger partial charge is 0.0714 e. The van der Waals surface area contributed by atoms with E-state index in [2.05, 4.69) is 11.9 Å². The van der Waals surface area contributed by atoms with Gasteiger partial charge >= 0.3 is 0 Å². The van der Waals surface area contributed by atoms with Crippen molar-refractivity contribution in [2.45, 2.75) is 6.42 Å². The van der Waals surface area contributed by atoms with Crippen LogP contribution >= 0.6 is 0 Å². The molecule has 6 heavy (non-hydrogen) atoms. The molecule has 0 amide bonds. The van der Waals surface area contributed by atoms with Crippen molar-refractivity contribution in [3.8, 4) is 0 Å². The number of hydroxylamine groups is 1. The first-order valence-electron chi connectivity index (χ1n) is 2.16. The molecule has 0 bridgehead atoms. The molecule has 0 aromatic rings. The molecule has 1 heterocycles. The third-order valence-electron chi connectivity index (χ3n) is 0.754. The van der Waals surface area contributed by atoms with Crippen molar-refractivity contribution in [3.63, 3.8) is 0 Å². The monoisotopic (exact) mass is 86.1 g/mol. The van der Waals surface area contributed by atoms with Crippen LogP contribution in [0.25, 0.3) is 0 Å². The zero-order valence-corrected chi connectivity index (χ0v) is 3.61. The topological polar surface area (TPSA) is 21.3 Å². The number of nitrogens with one attached hydrogen (secondary N) is 1. The third kappa shape index (κ3) is 0.954. The van der Waals surface area contributed by atoms with Gasteiger partial charge < -0.3 is 4.84 Å². The van der Waals surface area contributed by atoms with Gasteiger partial charge in [-0.25, -0.2) is 5.48 Å². The van der Waals surface area contributed by atoms with Crippen LogP contribution in [-0.2, 0) is 4.84 Å². The molecular formula is C4H8NO. The summed E-state index contributed by atoms with van der Waals surface area (Å²) in [5, 5.41) is 0. The summed E-state index contributed by atoms with van der Waals surface area (Å²) in [7, 11) is 0. The van der Waals surface area contributed by atoms with E-state index in [-0.39, 0.29) is 0 Å². The predicted octanol–water partition coefficient (Wildman–Crippen LogP) is 0.116. The Hall–Kier alpha value is -0.0800. The van der Waals surface area contributed by atoms with Crippen molar-refractivity contribution in [1.29, 1.82) is 0 Å². The summed E-state index contributed by atoms with van der Waals surface area (Å²) in [5.74, 6) is 0. The largest absolute Gasteiger partial charge is 0.302 e. The van der Waals surface area contributed by atoms with E-state index < -0.39 is 0 Å². The van der Waals surface area contributed by atoms with E-state index in [0.717, 1.165) is 19.6 Å². The van der Waals surface area contributed by atoms with Crippen molar-refractivity contribution in [1.82, 2.24) is 5.48 Å². The van der Waals surface area contributed by atoms with Gasteiger partial charge in [0.15, 0.2) is 0 Å². The molecular weight excluding hydrogens is 78.0 g/mol. The highest BCUT2D eigenvalue weighted by molar-refractivity contribution is 4.65. The molecule has 1 N–H and O–H groups in total. The molecule has 1 aliphatic heterocycles. The summed E-state index contributed by atoms with van der Waals surface area (Å²) < 4.78 is 0. The molecule has 0 aromatic heterocycles. The quantitative estimate of drug-likeness (QED) is 0.452. The summed E-state index contributed by atoms with van der Waals surface area (Å²) in [6.45, 7) is 1.74. The molecule has 0 atom stereocenters. The fourth-order valence-corrected chi connectivity index (χ4v) is 0.434. The molecule has 35 valence electrons. The molecule has 0 aromatic carbocycles. The highest BCUT2D eigenvalue weighted by Gasteiger charge is 1.94. The molecule has 1 radical (unpaired) electrons. The van der Waals surface area contributed by atoms with Gasteiger partial charge in [0.05, 0.1) is 6.61 Å². The summed E-state index contributed by atoms with van der Waals surface area (Å²) in [5.41, 5.74) is 2.75. The van der Waals surface area contributed by atoms with Gasteiger partial charge in [-0.05, 0) is 12.8 Å². The summed E-state index contributed by atoms with van der Waals surface area (Å²) in [4.78, 5) is 4.76. The van der Waals surface area contributed by atoms with Crippen LogP contribution in [0.3, 0.4) is 0 Å². The highest BCUT2D eigenvalue weighted by atomic mass is 16.6. The summed E-state index contributed by atoms with van der Waals surface area (Å²) in [6.07, 6.45) is 3.25. The second-order valence-corrected chi connectivity index (χ2v) is 1.28. The minimum Gasteiger partial charge on any atom is -0.302 e. The van der Waals surface area contributed by atoms with Crippen molar-refractivity contribution in [2.24, 2.45) is 0 Å². The predicted molar refractivity (Wildman–Crippen MR) is 22.9 cm³/mol. The Kier molecular flexibility index (Phi) is 1.47. The van der Waals surface area contributed by atoms with Crippen LogP contribution in [0.2, 0.25) is 0 Å². The first-order chi connectivity index (χ1) is 3.00. The van der Waals surface area contributed by atoms with E-state index in [0.29, 0.717) is 0 Å². The lowest BCUT2D eigenvalue weighted by Gasteiger charge is -2.09. The minimum atomic E-state index is 0.764. The molecule has 0 spiro atoms. The van der Waals surface area contributed by atoms with Crippen LogP contribution < -0.4 is 5.48 Å². The number of hydrogen-bond donors (Lipinski definition) is 1. The molecule has 2 nitrogen and oxygen atoms in total. The Balaban J connectivity index is 2.00. The average Bonchev–Trinajstić information content (AvgIpc) is 1.72. The van der Waals surface area contributed by atoms with Gasteiger partial charge in [0.2, 0.25) is 0 Å². The van der Waals surface area contributed by atoms with E-state index in [1.165, 1.54) is 0 Å². The van der Waals surface area contributed by atoms with Crippen molar-refractivity contribution >= 4 is 0 Å². The second kappa shape index (κ2) is 2.16. The van der Waals surface area contributed by atoms with Crippen molar-refractivity contribution in [2.75, 3.05) is 13.2 Å². The summed E-state index contributed by atoms with van der Waals surface area (Å²) >= 11 is 0. The van der Waals surface area contributed by atoms with Crippen LogP contribution in [0.4, 0.5) is 0 Å². The Morgan fingerprint density at radius 3 is 2.83 bits per heavy atom. The van der Waals surface area contributed by atoms with E-state index >= 15 is 0 Å². The standard InChI is InChI=1S/C4H8NO/c1-2-4-6-5-3-1/h2,5H,1,3-4H2. The highest BCUT2D eigenvalue weighted by Crippen LogP contribution is 1.89. The zero-order valence-electron chi connectivity index (χ0n) is 3.61. The molecule has 0 unspecified atom stereocenters. The van der Waals surface area contributed by atoms with Gasteiger partial charge in [0, 0.05) is 6.54 Å². The van der Waals surface area contributed by atoms with Gasteiger partial charge in [0.25, 0.3) is 0 Å². The van der Waals surface area contributed by atoms with Crippen LogP contribution in [0.5, 0.6) is 0 Å². The molecule has 1 aliphatic rings. The Morgan fingerprint density at radius 1 is 1.67 bits per heavy atom. The van der Waals surface area contributed by atoms with Crippen molar-refractivity contribution < 1.29 is 4.84 Å². The lowest BCUT2D eigenvalue weighted by molar-refractivity contribution is 0.0365. The lowest BCUT2D eigenvalue weighted by atomic mass is 10.3. The van der Waals surface area contributed by atoms with Crippen LogP contribution in [0.15, 0.2) is 0 Å². The summed E-state index contributed by atoms with van der Waals surface area (Å²) in [6, 6.07) is 0. The first-order valence-corrected chi connectivity index (χ1v) is 2.16. The Morgan fingerprint density at radius 2 is 2.67 bits per heavy atom. The maximum Gasteiger partial charge on any atom is 0.0714 e. The van der Waals surface area contributed by atoms with Crippen LogP contribution in [0.1, 0.15) is 6.42 Å². The Bertz CT molecular complexity index is 23.0.